The Bertz CT molecular complexity index is 578. The van der Waals surface area contributed by atoms with E-state index in [0.717, 1.165) is 31.7 Å². The van der Waals surface area contributed by atoms with Crippen molar-refractivity contribution in [3.05, 3.63) is 35.4 Å². The van der Waals surface area contributed by atoms with Gasteiger partial charge in [0.1, 0.15) is 11.6 Å². The molecule has 1 aromatic carbocycles. The molecule has 1 heterocycles. The summed E-state index contributed by atoms with van der Waals surface area (Å²) in [6, 6.07) is 3.53. The molecule has 0 unspecified atom stereocenters. The molecule has 7 heteroatoms. The Kier molecular flexibility index (Phi) is 6.52. The summed E-state index contributed by atoms with van der Waals surface area (Å²) in [5.41, 5.74) is 0.591. The Hall–Kier alpha value is -2.18. The lowest BCUT2D eigenvalue weighted by molar-refractivity contribution is -0.130. The summed E-state index contributed by atoms with van der Waals surface area (Å²) in [7, 11) is 0. The maximum Gasteiger partial charge on any atom is 0.219 e. The molecular formula is C17H24F2N4O. The van der Waals surface area contributed by atoms with Gasteiger partial charge in [-0.3, -0.25) is 9.79 Å². The van der Waals surface area contributed by atoms with Crippen LogP contribution >= 0.6 is 0 Å². The van der Waals surface area contributed by atoms with E-state index in [1.54, 1.807) is 6.92 Å². The molecule has 0 bridgehead atoms. The molecule has 1 aromatic rings. The second kappa shape index (κ2) is 8.61. The smallest absolute Gasteiger partial charge is 0.219 e. The van der Waals surface area contributed by atoms with Gasteiger partial charge in [-0.2, -0.15) is 0 Å². The molecule has 1 saturated heterocycles. The van der Waals surface area contributed by atoms with E-state index in [4.69, 9.17) is 0 Å². The summed E-state index contributed by atoms with van der Waals surface area (Å²) >= 11 is 0. The number of piperazine rings is 1. The highest BCUT2D eigenvalue weighted by Gasteiger charge is 2.20. The average Bonchev–Trinajstić information content (AvgIpc) is 2.53. The number of nitrogens with one attached hydrogen (secondary N) is 1. The van der Waals surface area contributed by atoms with Gasteiger partial charge in [-0.25, -0.2) is 8.78 Å². The third kappa shape index (κ3) is 5.18. The van der Waals surface area contributed by atoms with Gasteiger partial charge in [-0.15, -0.1) is 0 Å². The van der Waals surface area contributed by atoms with Crippen molar-refractivity contribution in [2.24, 2.45) is 4.99 Å². The normalized spacial score (nSPS) is 15.6. The first kappa shape index (κ1) is 18.2. The van der Waals surface area contributed by atoms with Crippen LogP contribution in [0.2, 0.25) is 0 Å². The van der Waals surface area contributed by atoms with Gasteiger partial charge >= 0.3 is 0 Å². The van der Waals surface area contributed by atoms with Gasteiger partial charge in [-0.05, 0) is 31.0 Å². The topological polar surface area (TPSA) is 47.9 Å². The molecule has 1 amide bonds. The number of amides is 1. The van der Waals surface area contributed by atoms with Crippen LogP contribution in [0.1, 0.15) is 19.4 Å². The van der Waals surface area contributed by atoms with E-state index in [9.17, 15) is 13.6 Å². The van der Waals surface area contributed by atoms with Crippen LogP contribution in [0, 0.1) is 11.6 Å². The third-order valence-electron chi connectivity index (χ3n) is 3.94. The van der Waals surface area contributed by atoms with Crippen molar-refractivity contribution < 1.29 is 13.6 Å². The average molecular weight is 338 g/mol. The zero-order chi connectivity index (χ0) is 17.5. The van der Waals surface area contributed by atoms with Crippen molar-refractivity contribution in [3.63, 3.8) is 0 Å². The number of carbonyl (C=O) groups is 1. The SMILES string of the molecule is CCNC(=NCCc1cc(F)cc(F)c1)N1CCN(C(C)=O)CC1. The lowest BCUT2D eigenvalue weighted by atomic mass is 10.1. The lowest BCUT2D eigenvalue weighted by Crippen LogP contribution is -2.53. The second-order valence-electron chi connectivity index (χ2n) is 5.76. The molecule has 0 saturated carbocycles. The molecule has 0 aromatic heterocycles. The number of nitrogens with zero attached hydrogens (tertiary/aromatic N) is 3. The highest BCUT2D eigenvalue weighted by atomic mass is 19.1. The summed E-state index contributed by atoms with van der Waals surface area (Å²) < 4.78 is 26.4. The van der Waals surface area contributed by atoms with Crippen molar-refractivity contribution in [2.75, 3.05) is 39.3 Å². The molecule has 132 valence electrons. The largest absolute Gasteiger partial charge is 0.357 e. The minimum atomic E-state index is -0.568. The molecule has 2 rings (SSSR count). The van der Waals surface area contributed by atoms with E-state index in [-0.39, 0.29) is 5.91 Å². The summed E-state index contributed by atoms with van der Waals surface area (Å²) in [5.74, 6) is -0.273. The molecule has 1 N–H and O–H groups in total. The number of hydrogen-bond donors (Lipinski definition) is 1. The highest BCUT2D eigenvalue weighted by Crippen LogP contribution is 2.09. The molecule has 1 aliphatic heterocycles. The lowest BCUT2D eigenvalue weighted by Gasteiger charge is -2.36. The Morgan fingerprint density at radius 2 is 1.71 bits per heavy atom. The number of halogens is 2. The monoisotopic (exact) mass is 338 g/mol. The maximum absolute atomic E-state index is 13.2. The van der Waals surface area contributed by atoms with Crippen molar-refractivity contribution in [3.8, 4) is 0 Å². The summed E-state index contributed by atoms with van der Waals surface area (Å²) in [6.07, 6.45) is 0.469. The molecule has 0 spiro atoms. The maximum atomic E-state index is 13.2. The van der Waals surface area contributed by atoms with E-state index in [1.165, 1.54) is 12.1 Å². The van der Waals surface area contributed by atoms with Gasteiger partial charge < -0.3 is 15.1 Å². The molecule has 1 aliphatic rings. The van der Waals surface area contributed by atoms with E-state index in [1.807, 2.05) is 11.8 Å². The van der Waals surface area contributed by atoms with Crippen LogP contribution in [0.15, 0.2) is 23.2 Å². The van der Waals surface area contributed by atoms with Crippen molar-refractivity contribution in [2.45, 2.75) is 20.3 Å². The van der Waals surface area contributed by atoms with Gasteiger partial charge in [0.05, 0.1) is 0 Å². The van der Waals surface area contributed by atoms with Crippen LogP contribution in [-0.4, -0.2) is 60.9 Å². The quantitative estimate of drug-likeness (QED) is 0.671. The van der Waals surface area contributed by atoms with Gasteiger partial charge in [0.2, 0.25) is 5.91 Å². The van der Waals surface area contributed by atoms with Crippen LogP contribution < -0.4 is 5.32 Å². The Morgan fingerprint density at radius 3 is 2.25 bits per heavy atom. The predicted molar refractivity (Wildman–Crippen MR) is 89.9 cm³/mol. The Balaban J connectivity index is 1.94. The fourth-order valence-electron chi connectivity index (χ4n) is 2.71. The highest BCUT2D eigenvalue weighted by molar-refractivity contribution is 5.80. The molecule has 24 heavy (non-hydrogen) atoms. The molecule has 1 fully saturated rings. The van der Waals surface area contributed by atoms with E-state index < -0.39 is 11.6 Å². The van der Waals surface area contributed by atoms with Crippen molar-refractivity contribution in [1.82, 2.24) is 15.1 Å². The summed E-state index contributed by atoms with van der Waals surface area (Å²) in [5, 5.41) is 3.23. The molecule has 0 aliphatic carbocycles. The minimum absolute atomic E-state index is 0.0877. The minimum Gasteiger partial charge on any atom is -0.357 e. The zero-order valence-electron chi connectivity index (χ0n) is 14.2. The van der Waals surface area contributed by atoms with Gasteiger partial charge in [-0.1, -0.05) is 0 Å². The number of benzene rings is 1. The molecule has 0 atom stereocenters. The van der Waals surface area contributed by atoms with E-state index >= 15 is 0 Å². The number of guanidine groups is 1. The van der Waals surface area contributed by atoms with Crippen LogP contribution in [-0.2, 0) is 11.2 Å². The Labute approximate surface area is 141 Å². The van der Waals surface area contributed by atoms with Gasteiger partial charge in [0, 0.05) is 52.3 Å². The fourth-order valence-corrected chi connectivity index (χ4v) is 2.71. The van der Waals surface area contributed by atoms with Crippen LogP contribution in [0.5, 0.6) is 0 Å². The van der Waals surface area contributed by atoms with Crippen molar-refractivity contribution >= 4 is 11.9 Å². The summed E-state index contributed by atoms with van der Waals surface area (Å²) in [6.45, 7) is 7.54. The molecule has 0 radical (unpaired) electrons. The van der Waals surface area contributed by atoms with Crippen LogP contribution in [0.3, 0.4) is 0 Å². The number of aliphatic imine (C=N–C) groups is 1. The van der Waals surface area contributed by atoms with Gasteiger partial charge in [0.15, 0.2) is 5.96 Å². The second-order valence-corrected chi connectivity index (χ2v) is 5.76. The number of carbonyl (C=O) groups excluding carboxylic acids is 1. The fraction of sp³-hybridized carbons (Fsp3) is 0.529. The van der Waals surface area contributed by atoms with E-state index in [2.05, 4.69) is 15.2 Å². The van der Waals surface area contributed by atoms with Crippen LogP contribution in [0.4, 0.5) is 8.78 Å². The third-order valence-corrected chi connectivity index (χ3v) is 3.94. The van der Waals surface area contributed by atoms with E-state index in [0.29, 0.717) is 31.6 Å². The number of rotatable bonds is 4. The Morgan fingerprint density at radius 1 is 1.12 bits per heavy atom. The molecular weight excluding hydrogens is 314 g/mol. The molecule has 5 nitrogen and oxygen atoms in total. The first-order valence-electron chi connectivity index (χ1n) is 8.23. The van der Waals surface area contributed by atoms with Crippen molar-refractivity contribution in [1.29, 1.82) is 0 Å². The standard InChI is InChI=1S/C17H24F2N4O/c1-3-20-17(23-8-6-22(7-9-23)13(2)24)21-5-4-14-10-15(18)12-16(19)11-14/h10-12H,3-9H2,1-2H3,(H,20,21). The first-order chi connectivity index (χ1) is 11.5. The zero-order valence-corrected chi connectivity index (χ0v) is 14.2. The van der Waals surface area contributed by atoms with Gasteiger partial charge in [0.25, 0.3) is 0 Å². The predicted octanol–water partition coefficient (Wildman–Crippen LogP) is 1.64. The summed E-state index contributed by atoms with van der Waals surface area (Å²) in [4.78, 5) is 19.9. The number of hydrogen-bond acceptors (Lipinski definition) is 2. The van der Waals surface area contributed by atoms with Crippen LogP contribution in [0.25, 0.3) is 0 Å². The first-order valence-corrected chi connectivity index (χ1v) is 8.23.